The van der Waals surface area contributed by atoms with Crippen LogP contribution in [0.15, 0.2) is 36.4 Å². The summed E-state index contributed by atoms with van der Waals surface area (Å²) in [6.07, 6.45) is 7.66. The van der Waals surface area contributed by atoms with Crippen LogP contribution in [0.5, 0.6) is 0 Å². The number of urea groups is 1. The normalized spacial score (nSPS) is 16.9. The SMILES string of the molecule is CC(C)NC(=O)Cc1ccc(NC(=O)NC2C=CCCC2)cc1. The highest BCUT2D eigenvalue weighted by molar-refractivity contribution is 5.89. The van der Waals surface area contributed by atoms with Crippen LogP contribution < -0.4 is 16.0 Å². The van der Waals surface area contributed by atoms with Crippen LogP contribution >= 0.6 is 0 Å². The zero-order valence-corrected chi connectivity index (χ0v) is 13.8. The number of anilines is 1. The summed E-state index contributed by atoms with van der Waals surface area (Å²) in [5, 5.41) is 8.61. The molecule has 1 aromatic carbocycles. The first-order chi connectivity index (χ1) is 11.0. The topological polar surface area (TPSA) is 70.2 Å². The molecule has 1 aromatic rings. The molecule has 0 spiro atoms. The summed E-state index contributed by atoms with van der Waals surface area (Å²) >= 11 is 0. The van der Waals surface area contributed by atoms with E-state index in [4.69, 9.17) is 0 Å². The van der Waals surface area contributed by atoms with E-state index in [0.717, 1.165) is 30.5 Å². The molecular formula is C18H25N3O2. The van der Waals surface area contributed by atoms with E-state index >= 15 is 0 Å². The van der Waals surface area contributed by atoms with E-state index in [1.165, 1.54) is 0 Å². The van der Waals surface area contributed by atoms with Crippen molar-refractivity contribution in [3.05, 3.63) is 42.0 Å². The van der Waals surface area contributed by atoms with Gasteiger partial charge in [0.05, 0.1) is 6.42 Å². The predicted molar refractivity (Wildman–Crippen MR) is 92.4 cm³/mol. The van der Waals surface area contributed by atoms with Crippen LogP contribution in [0.3, 0.4) is 0 Å². The van der Waals surface area contributed by atoms with E-state index in [0.29, 0.717) is 6.42 Å². The van der Waals surface area contributed by atoms with Gasteiger partial charge in [0.25, 0.3) is 0 Å². The molecule has 0 fully saturated rings. The Bertz CT molecular complexity index is 564. The molecule has 1 aliphatic rings. The van der Waals surface area contributed by atoms with Gasteiger partial charge in [-0.3, -0.25) is 4.79 Å². The van der Waals surface area contributed by atoms with Crippen LogP contribution in [-0.2, 0) is 11.2 Å². The average Bonchev–Trinajstić information content (AvgIpc) is 2.49. The number of rotatable bonds is 5. The first-order valence-electron chi connectivity index (χ1n) is 8.15. The van der Waals surface area contributed by atoms with E-state index in [1.54, 1.807) is 0 Å². The lowest BCUT2D eigenvalue weighted by atomic mass is 10.0. The van der Waals surface area contributed by atoms with E-state index in [2.05, 4.69) is 22.0 Å². The Labute approximate surface area is 137 Å². The molecule has 0 aromatic heterocycles. The summed E-state index contributed by atoms with van der Waals surface area (Å²) in [7, 11) is 0. The first kappa shape index (κ1) is 17.1. The second kappa shape index (κ2) is 8.36. The number of allylic oxidation sites excluding steroid dienone is 1. The summed E-state index contributed by atoms with van der Waals surface area (Å²) in [5.41, 5.74) is 1.64. The number of benzene rings is 1. The van der Waals surface area contributed by atoms with Gasteiger partial charge in [-0.25, -0.2) is 4.79 Å². The molecule has 1 unspecified atom stereocenters. The molecule has 124 valence electrons. The molecule has 0 saturated carbocycles. The van der Waals surface area contributed by atoms with Gasteiger partial charge in [0.1, 0.15) is 0 Å². The maximum absolute atomic E-state index is 11.9. The third-order valence-corrected chi connectivity index (χ3v) is 3.60. The fraction of sp³-hybridized carbons (Fsp3) is 0.444. The number of carbonyl (C=O) groups is 2. The minimum Gasteiger partial charge on any atom is -0.354 e. The largest absolute Gasteiger partial charge is 0.354 e. The summed E-state index contributed by atoms with van der Waals surface area (Å²) in [5.74, 6) is 0.00235. The minimum atomic E-state index is -0.202. The highest BCUT2D eigenvalue weighted by Crippen LogP contribution is 2.12. The molecule has 1 aliphatic carbocycles. The van der Waals surface area contributed by atoms with E-state index in [1.807, 2.05) is 44.2 Å². The highest BCUT2D eigenvalue weighted by atomic mass is 16.2. The van der Waals surface area contributed by atoms with Gasteiger partial charge in [0.15, 0.2) is 0 Å². The fourth-order valence-corrected chi connectivity index (χ4v) is 2.53. The van der Waals surface area contributed by atoms with E-state index < -0.39 is 0 Å². The van der Waals surface area contributed by atoms with Crippen LogP contribution in [0.2, 0.25) is 0 Å². The predicted octanol–water partition coefficient (Wildman–Crippen LogP) is 2.98. The lowest BCUT2D eigenvalue weighted by molar-refractivity contribution is -0.120. The van der Waals surface area contributed by atoms with Gasteiger partial charge in [0, 0.05) is 17.8 Å². The Morgan fingerprint density at radius 1 is 1.22 bits per heavy atom. The summed E-state index contributed by atoms with van der Waals surface area (Å²) in [6.45, 7) is 3.87. The average molecular weight is 315 g/mol. The molecule has 1 atom stereocenters. The monoisotopic (exact) mass is 315 g/mol. The Hall–Kier alpha value is -2.30. The fourth-order valence-electron chi connectivity index (χ4n) is 2.53. The molecule has 5 nitrogen and oxygen atoms in total. The Balaban J connectivity index is 1.82. The van der Waals surface area contributed by atoms with E-state index in [9.17, 15) is 9.59 Å². The lowest BCUT2D eigenvalue weighted by Crippen LogP contribution is -2.37. The number of amides is 3. The van der Waals surface area contributed by atoms with Crippen LogP contribution in [0.1, 0.15) is 38.7 Å². The van der Waals surface area contributed by atoms with Crippen molar-refractivity contribution >= 4 is 17.6 Å². The second-order valence-electron chi connectivity index (χ2n) is 6.16. The van der Waals surface area contributed by atoms with Gasteiger partial charge < -0.3 is 16.0 Å². The molecule has 3 amide bonds. The minimum absolute atomic E-state index is 0.00235. The van der Waals surface area contributed by atoms with Crippen LogP contribution in [0.25, 0.3) is 0 Å². The van der Waals surface area contributed by atoms with Gasteiger partial charge in [-0.05, 0) is 50.8 Å². The maximum Gasteiger partial charge on any atom is 0.319 e. The van der Waals surface area contributed by atoms with Gasteiger partial charge in [-0.15, -0.1) is 0 Å². The molecule has 23 heavy (non-hydrogen) atoms. The highest BCUT2D eigenvalue weighted by Gasteiger charge is 2.11. The van der Waals surface area contributed by atoms with Crippen molar-refractivity contribution in [2.45, 2.75) is 51.6 Å². The molecule has 2 rings (SSSR count). The number of carbonyl (C=O) groups excluding carboxylic acids is 2. The van der Waals surface area contributed by atoms with Crippen molar-refractivity contribution in [3.8, 4) is 0 Å². The third-order valence-electron chi connectivity index (χ3n) is 3.60. The summed E-state index contributed by atoms with van der Waals surface area (Å²) in [4.78, 5) is 23.7. The molecule has 0 heterocycles. The Kier molecular flexibility index (Phi) is 6.20. The molecule has 0 saturated heterocycles. The summed E-state index contributed by atoms with van der Waals surface area (Å²) < 4.78 is 0. The van der Waals surface area contributed by atoms with Crippen molar-refractivity contribution in [2.75, 3.05) is 5.32 Å². The molecule has 3 N–H and O–H groups in total. The molecular weight excluding hydrogens is 290 g/mol. The summed E-state index contributed by atoms with van der Waals surface area (Å²) in [6, 6.07) is 7.39. The molecule has 0 bridgehead atoms. The number of nitrogens with one attached hydrogen (secondary N) is 3. The van der Waals surface area contributed by atoms with Crippen molar-refractivity contribution in [3.63, 3.8) is 0 Å². The second-order valence-corrected chi connectivity index (χ2v) is 6.16. The van der Waals surface area contributed by atoms with Crippen molar-refractivity contribution < 1.29 is 9.59 Å². The smallest absolute Gasteiger partial charge is 0.319 e. The van der Waals surface area contributed by atoms with Gasteiger partial charge in [0.2, 0.25) is 5.91 Å². The number of hydrogen-bond donors (Lipinski definition) is 3. The van der Waals surface area contributed by atoms with Crippen molar-refractivity contribution in [1.82, 2.24) is 10.6 Å². The van der Waals surface area contributed by atoms with Crippen LogP contribution in [0.4, 0.5) is 10.5 Å². The third kappa shape index (κ3) is 6.14. The number of hydrogen-bond acceptors (Lipinski definition) is 2. The quantitative estimate of drug-likeness (QED) is 0.731. The molecule has 0 radical (unpaired) electrons. The van der Waals surface area contributed by atoms with Crippen molar-refractivity contribution in [2.24, 2.45) is 0 Å². The van der Waals surface area contributed by atoms with Crippen LogP contribution in [-0.4, -0.2) is 24.0 Å². The Morgan fingerprint density at radius 3 is 2.57 bits per heavy atom. The van der Waals surface area contributed by atoms with Gasteiger partial charge in [-0.2, -0.15) is 0 Å². The molecule has 5 heteroatoms. The lowest BCUT2D eigenvalue weighted by Gasteiger charge is -2.18. The standard InChI is InChI=1S/C18H25N3O2/c1-13(2)19-17(22)12-14-8-10-16(11-9-14)21-18(23)20-15-6-4-3-5-7-15/h4,6,8-11,13,15H,3,5,7,12H2,1-2H3,(H,19,22)(H2,20,21,23). The zero-order valence-electron chi connectivity index (χ0n) is 13.8. The van der Waals surface area contributed by atoms with Crippen molar-refractivity contribution in [1.29, 1.82) is 0 Å². The Morgan fingerprint density at radius 2 is 1.96 bits per heavy atom. The van der Waals surface area contributed by atoms with Gasteiger partial charge in [-0.1, -0.05) is 24.3 Å². The zero-order chi connectivity index (χ0) is 16.7. The first-order valence-corrected chi connectivity index (χ1v) is 8.15. The molecule has 0 aliphatic heterocycles. The van der Waals surface area contributed by atoms with E-state index in [-0.39, 0.29) is 24.0 Å². The van der Waals surface area contributed by atoms with Gasteiger partial charge >= 0.3 is 6.03 Å². The maximum atomic E-state index is 11.9. The van der Waals surface area contributed by atoms with Crippen LogP contribution in [0, 0.1) is 0 Å².